The second-order valence-corrected chi connectivity index (χ2v) is 36.3. The van der Waals surface area contributed by atoms with Crippen LogP contribution in [0.5, 0.6) is 0 Å². The normalized spacial score (nSPS) is 12.9. The maximum Gasteiger partial charge on any atom is 0.294 e. The zero-order valence-electron chi connectivity index (χ0n) is 62.7. The largest absolute Gasteiger partial charge is 0.497 e. The summed E-state index contributed by atoms with van der Waals surface area (Å²) >= 11 is 0. The van der Waals surface area contributed by atoms with E-state index in [0.29, 0.717) is 0 Å². The number of nitrogens with one attached hydrogen (secondary N) is 14. The van der Waals surface area contributed by atoms with E-state index >= 15 is 0 Å². The molecule has 0 bridgehead atoms. The third-order valence-corrected chi connectivity index (χ3v) is 26.2. The lowest BCUT2D eigenvalue weighted by atomic mass is 10.0. The summed E-state index contributed by atoms with van der Waals surface area (Å²) in [5.74, 6) is -6.83. The summed E-state index contributed by atoms with van der Waals surface area (Å²) in [6.07, 6.45) is -4.29. The van der Waals surface area contributed by atoms with Crippen molar-refractivity contribution in [2.24, 2.45) is 30.0 Å². The van der Waals surface area contributed by atoms with Crippen molar-refractivity contribution in [2.45, 2.75) is 93.6 Å². The molecule has 46 nitrogen and oxygen atoms in total. The Bertz CT molecular complexity index is 5770. The highest BCUT2D eigenvalue weighted by Gasteiger charge is 2.31. The van der Waals surface area contributed by atoms with Crippen LogP contribution in [0.4, 0.5) is 34.1 Å². The van der Waals surface area contributed by atoms with E-state index in [1.807, 2.05) is 0 Å². The van der Waals surface area contributed by atoms with Gasteiger partial charge in [0.2, 0.25) is 73.8 Å². The molecule has 0 radical (unpaired) electrons. The van der Waals surface area contributed by atoms with Gasteiger partial charge in [0.25, 0.3) is 20.2 Å². The van der Waals surface area contributed by atoms with Gasteiger partial charge in [0.05, 0.1) is 63.5 Å². The van der Waals surface area contributed by atoms with E-state index in [-0.39, 0.29) is 98.5 Å². The van der Waals surface area contributed by atoms with Crippen LogP contribution in [0.3, 0.4) is 0 Å². The molecule has 0 saturated heterocycles. The molecule has 642 valence electrons. The Labute approximate surface area is 682 Å². The average molecular weight is 1780 g/mol. The molecule has 6 aromatic carbocycles. The molecule has 0 saturated carbocycles. The van der Waals surface area contributed by atoms with Crippen molar-refractivity contribution in [3.05, 3.63) is 178 Å². The van der Waals surface area contributed by atoms with Gasteiger partial charge < -0.3 is 40.9 Å². The number of aliphatic hydroxyl groups is 8. The van der Waals surface area contributed by atoms with Gasteiger partial charge in [-0.1, -0.05) is 36.4 Å². The first-order valence-electron chi connectivity index (χ1n) is 35.1. The van der Waals surface area contributed by atoms with Crippen LogP contribution in [-0.2, 0) is 73.2 Å². The molecule has 8 aromatic rings. The summed E-state index contributed by atoms with van der Waals surface area (Å²) in [7, 11) is -28.6. The van der Waals surface area contributed by atoms with Gasteiger partial charge in [-0.3, -0.25) is 82.3 Å². The molecule has 2 aromatic heterocycles. The standard InChI is InChI=1S/C68H82N24O22S6/c69-55(93)19-27-89(28-20-56(70)94)115(101,102)49-9-1-5-43(35-49)77-63-83-64(78-44-6-2-10-50(36-44)116(103,104)90(29-21-57(71)95)30-22-58(72)96)86-67(85-63)81-47-17-15-41(53(39-47)119(109,110)111)13-14-42-16-18-48(40-54(42)120(112,113)114)82-68-87-65(79-45-7-3-11-51(37-45)117(105,106)91(31-23-59(73)97)32-24-60(74)98)84-66(88-68)80-46-8-4-12-52(38-46)118(107,108)92(33-25-61(75)99)34-26-62(76)100/h1-12,15-18,35-40H,13-14,19-34H2,(H2,69,93)(H2,70,94)(H2,71,95)(H2,72,96)(H2,73,97)(H2,74,98)(H2,75,99)(H2,76,100)(H,109,110,111)(H,112,113,114)(H3,77,78,81,83,85,86)(H3,79,80,82,84,87,88). The minimum Gasteiger partial charge on any atom is -0.497 e. The smallest absolute Gasteiger partial charge is 0.294 e. The number of aromatic nitrogens is 6. The molecule has 0 fully saturated rings. The van der Waals surface area contributed by atoms with Crippen LogP contribution in [0.25, 0.3) is 0 Å². The summed E-state index contributed by atoms with van der Waals surface area (Å²) < 4.78 is 191. The molecule has 0 aliphatic carbocycles. The van der Waals surface area contributed by atoms with Crippen molar-refractivity contribution < 1.29 is 100 Å². The topological polar surface area (TPSA) is 780 Å². The molecule has 0 atom stereocenters. The van der Waals surface area contributed by atoms with Gasteiger partial charge >= 0.3 is 0 Å². The van der Waals surface area contributed by atoms with E-state index in [0.717, 1.165) is 53.6 Å². The molecular weight excluding hydrogens is 1700 g/mol. The SMILES string of the molecule is N=C(O)CCN(CCC(=N)O)S(=O)(=O)c1cccc(N=c2[nH]c(=Nc3cccc(S(=O)(=O)N(CCC(=N)O)CCC(=N)O)c3)[nH]c(=Nc3ccc(CCc4ccc(N=c5[nH]c(=Nc6cccc(S(=O)(=O)N(CCC(=N)O)CCC(=N)O)c6)[nH]c(=Nc6cccc(S(=O)(=O)N(CCC(=N)O)CCC(=N)O)c6)[nH]5)cc4S(=O)(=O)O)c(S(=O)(=O)O)c3)[nH]2)c1. The number of aryl methyl sites for hydroxylation is 2. The second-order valence-electron chi connectivity index (χ2n) is 25.7. The lowest BCUT2D eigenvalue weighted by molar-refractivity contribution is 0.403. The molecule has 2 heterocycles. The Morgan fingerprint density at radius 2 is 0.442 bits per heavy atom. The summed E-state index contributed by atoms with van der Waals surface area (Å²) in [6, 6.07) is 26.5. The molecule has 8 rings (SSSR count). The maximum atomic E-state index is 14.0. The molecule has 0 amide bonds. The lowest BCUT2D eigenvalue weighted by Gasteiger charge is -2.21. The Hall–Kier alpha value is -12.6. The fraction of sp³-hybridized carbons (Fsp3) is 0.265. The summed E-state index contributed by atoms with van der Waals surface area (Å²) in [4.78, 5) is 40.6. The number of aromatic amines is 6. The molecule has 0 spiro atoms. The van der Waals surface area contributed by atoms with Crippen LogP contribution < -0.4 is 33.7 Å². The van der Waals surface area contributed by atoms with E-state index in [2.05, 4.69) is 59.9 Å². The van der Waals surface area contributed by atoms with Gasteiger partial charge in [0.1, 0.15) is 0 Å². The Morgan fingerprint density at radius 3 is 0.608 bits per heavy atom. The van der Waals surface area contributed by atoms with E-state index in [4.69, 9.17) is 43.3 Å². The van der Waals surface area contributed by atoms with Crippen molar-refractivity contribution in [3.8, 4) is 0 Å². The Balaban J connectivity index is 1.23. The Kier molecular flexibility index (Phi) is 31.1. The van der Waals surface area contributed by atoms with E-state index in [9.17, 15) is 100 Å². The van der Waals surface area contributed by atoms with Crippen molar-refractivity contribution in [3.63, 3.8) is 0 Å². The van der Waals surface area contributed by atoms with Crippen LogP contribution >= 0.6 is 0 Å². The number of sulfonamides is 4. The van der Waals surface area contributed by atoms with Crippen molar-refractivity contribution in [1.82, 2.24) is 47.1 Å². The molecule has 120 heavy (non-hydrogen) atoms. The molecular formula is C68H82N24O22S6. The molecule has 0 unspecified atom stereocenters. The zero-order valence-corrected chi connectivity index (χ0v) is 67.6. The van der Waals surface area contributed by atoms with E-state index < -0.39 is 234 Å². The van der Waals surface area contributed by atoms with Gasteiger partial charge in [-0.15, -0.1) is 0 Å². The first-order valence-corrected chi connectivity index (χ1v) is 43.8. The first kappa shape index (κ1) is 92.9. The molecule has 0 aliphatic rings. The van der Waals surface area contributed by atoms with E-state index in [1.165, 1.54) is 97.1 Å². The molecule has 24 N–H and O–H groups in total. The monoisotopic (exact) mass is 1780 g/mol. The number of rotatable bonds is 43. The van der Waals surface area contributed by atoms with Crippen molar-refractivity contribution >= 4 is 142 Å². The van der Waals surface area contributed by atoms with Crippen LogP contribution in [-0.4, -0.2) is 247 Å². The predicted octanol–water partition coefficient (Wildman–Crippen LogP) is 4.69. The van der Waals surface area contributed by atoms with Gasteiger partial charge in [-0.05, 0) is 121 Å². The van der Waals surface area contributed by atoms with Crippen molar-refractivity contribution in [2.75, 3.05) is 52.4 Å². The summed E-state index contributed by atoms with van der Waals surface area (Å²) in [6.45, 7) is -3.53. The fourth-order valence-electron chi connectivity index (χ4n) is 11.1. The van der Waals surface area contributed by atoms with Gasteiger partial charge in [0.15, 0.2) is 47.2 Å². The number of nitrogens with zero attached hydrogens (tertiary/aromatic N) is 10. The number of hydrogen-bond acceptors (Lipinski definition) is 26. The quantitative estimate of drug-likeness (QED) is 0.0140. The van der Waals surface area contributed by atoms with Crippen LogP contribution in [0.15, 0.2) is 193 Å². The lowest BCUT2D eigenvalue weighted by Crippen LogP contribution is -2.36. The van der Waals surface area contributed by atoms with Crippen LogP contribution in [0.1, 0.15) is 62.5 Å². The molecule has 52 heteroatoms. The zero-order chi connectivity index (χ0) is 88.2. The highest BCUT2D eigenvalue weighted by molar-refractivity contribution is 7.90. The minimum absolute atomic E-state index is 0.0968. The first-order chi connectivity index (χ1) is 56.2. The van der Waals surface area contributed by atoms with Gasteiger partial charge in [0, 0.05) is 104 Å². The van der Waals surface area contributed by atoms with Crippen molar-refractivity contribution in [1.29, 1.82) is 43.3 Å². The summed E-state index contributed by atoms with van der Waals surface area (Å²) in [5, 5.41) is 137. The second kappa shape index (κ2) is 40.2. The van der Waals surface area contributed by atoms with Crippen LogP contribution in [0, 0.1) is 43.3 Å². The van der Waals surface area contributed by atoms with E-state index in [1.54, 1.807) is 0 Å². The fourth-order valence-corrected chi connectivity index (χ4v) is 18.5. The summed E-state index contributed by atoms with van der Waals surface area (Å²) in [5.41, 5.74) is -3.06. The Morgan fingerprint density at radius 1 is 0.267 bits per heavy atom. The van der Waals surface area contributed by atoms with Gasteiger partial charge in [-0.25, -0.2) is 63.6 Å². The van der Waals surface area contributed by atoms with Gasteiger partial charge in [-0.2, -0.15) is 34.1 Å². The highest BCUT2D eigenvalue weighted by Crippen LogP contribution is 2.30. The highest BCUT2D eigenvalue weighted by atomic mass is 32.2. The molecule has 0 aliphatic heterocycles. The number of H-pyrrole nitrogens is 6. The number of benzene rings is 6. The number of aliphatic hydroxyl groups excluding tert-OH is 8. The maximum absolute atomic E-state index is 14.0. The minimum atomic E-state index is -5.24. The number of hydrogen-bond donors (Lipinski definition) is 24. The third kappa shape index (κ3) is 26.9. The third-order valence-electron chi connectivity index (χ3n) is 16.8. The predicted molar refractivity (Wildman–Crippen MR) is 431 cm³/mol. The van der Waals surface area contributed by atoms with Crippen LogP contribution in [0.2, 0.25) is 0 Å². The average Bonchev–Trinajstić information content (AvgIpc) is 0.793.